The third-order valence-electron chi connectivity index (χ3n) is 4.78. The normalized spacial score (nSPS) is 11.1. The molecule has 0 aliphatic rings. The fraction of sp³-hybridized carbons (Fsp3) is 0.130. The van der Waals surface area contributed by atoms with Gasteiger partial charge < -0.3 is 9.30 Å². The van der Waals surface area contributed by atoms with Gasteiger partial charge in [-0.15, -0.1) is 0 Å². The Morgan fingerprint density at radius 2 is 1.84 bits per heavy atom. The molecule has 4 aromatic rings. The number of hydrogen-bond donors (Lipinski definition) is 1. The Morgan fingerprint density at radius 3 is 2.55 bits per heavy atom. The first-order valence-corrected chi connectivity index (χ1v) is 9.84. The van der Waals surface area contributed by atoms with Crippen LogP contribution in [0, 0.1) is 10.1 Å². The van der Waals surface area contributed by atoms with Gasteiger partial charge in [-0.3, -0.25) is 10.1 Å². The number of hydrogen-bond acceptors (Lipinski definition) is 6. The molecule has 8 heteroatoms. The number of non-ortho nitro benzene ring substituents is 1. The van der Waals surface area contributed by atoms with Gasteiger partial charge in [0.2, 0.25) is 5.95 Å². The van der Waals surface area contributed by atoms with E-state index in [9.17, 15) is 10.1 Å². The molecule has 4 rings (SSSR count). The second-order valence-electron chi connectivity index (χ2n) is 6.82. The zero-order valence-electron chi connectivity index (χ0n) is 16.9. The molecule has 0 bridgehead atoms. The van der Waals surface area contributed by atoms with Crippen molar-refractivity contribution < 1.29 is 9.66 Å². The summed E-state index contributed by atoms with van der Waals surface area (Å²) in [5.41, 5.74) is 6.85. The lowest BCUT2D eigenvalue weighted by molar-refractivity contribution is -0.384. The maximum absolute atomic E-state index is 10.7. The second-order valence-corrected chi connectivity index (χ2v) is 6.82. The Hall–Kier alpha value is -4.20. The summed E-state index contributed by atoms with van der Waals surface area (Å²) in [7, 11) is 0. The Labute approximate surface area is 179 Å². The molecule has 0 unspecified atom stereocenters. The Morgan fingerprint density at radius 1 is 1.10 bits per heavy atom. The number of hydrazone groups is 1. The van der Waals surface area contributed by atoms with Crippen molar-refractivity contribution in [3.8, 4) is 5.75 Å². The molecule has 0 atom stereocenters. The number of nitro benzene ring substituents is 1. The third-order valence-corrected chi connectivity index (χ3v) is 4.78. The molecule has 0 fully saturated rings. The van der Waals surface area contributed by atoms with Gasteiger partial charge in [0, 0.05) is 18.7 Å². The van der Waals surface area contributed by atoms with E-state index in [0.29, 0.717) is 18.3 Å². The van der Waals surface area contributed by atoms with Crippen molar-refractivity contribution >= 4 is 28.9 Å². The van der Waals surface area contributed by atoms with Gasteiger partial charge in [0.05, 0.1) is 22.2 Å². The van der Waals surface area contributed by atoms with E-state index < -0.39 is 4.92 Å². The van der Waals surface area contributed by atoms with Crippen LogP contribution in [0.2, 0.25) is 0 Å². The maximum Gasteiger partial charge on any atom is 0.269 e. The van der Waals surface area contributed by atoms with Gasteiger partial charge in [0.1, 0.15) is 12.4 Å². The van der Waals surface area contributed by atoms with Crippen LogP contribution in [0.5, 0.6) is 5.75 Å². The Bertz CT molecular complexity index is 1210. The van der Waals surface area contributed by atoms with E-state index in [1.807, 2.05) is 48.5 Å². The van der Waals surface area contributed by atoms with Gasteiger partial charge in [-0.2, -0.15) is 5.10 Å². The number of imidazole rings is 1. The van der Waals surface area contributed by atoms with Crippen LogP contribution in [0.3, 0.4) is 0 Å². The van der Waals surface area contributed by atoms with Gasteiger partial charge in [0.15, 0.2) is 0 Å². The van der Waals surface area contributed by atoms with Crippen LogP contribution >= 0.6 is 0 Å². The first kappa shape index (κ1) is 20.1. The SMILES string of the molecule is CCn1c(N/N=C\c2ccc(OCc3ccc([N+](=O)[O-])cc3)cc2)nc2ccccc21. The third kappa shape index (κ3) is 4.69. The molecule has 0 radical (unpaired) electrons. The van der Waals surface area contributed by atoms with E-state index in [1.54, 1.807) is 18.3 Å². The zero-order chi connectivity index (χ0) is 21.6. The Balaban J connectivity index is 1.35. The van der Waals surface area contributed by atoms with E-state index in [4.69, 9.17) is 4.74 Å². The van der Waals surface area contributed by atoms with Gasteiger partial charge in [-0.05, 0) is 66.6 Å². The van der Waals surface area contributed by atoms with Crippen LogP contribution in [0.25, 0.3) is 11.0 Å². The number of rotatable bonds is 8. The average Bonchev–Trinajstić information content (AvgIpc) is 3.16. The molecular weight excluding hydrogens is 394 g/mol. The molecule has 31 heavy (non-hydrogen) atoms. The van der Waals surface area contributed by atoms with Gasteiger partial charge in [0.25, 0.3) is 5.69 Å². The summed E-state index contributed by atoms with van der Waals surface area (Å²) in [5, 5.41) is 15.0. The van der Waals surface area contributed by atoms with Crippen molar-refractivity contribution in [1.29, 1.82) is 0 Å². The summed E-state index contributed by atoms with van der Waals surface area (Å²) in [6, 6.07) is 21.8. The lowest BCUT2D eigenvalue weighted by Crippen LogP contribution is -2.01. The van der Waals surface area contributed by atoms with Crippen molar-refractivity contribution in [3.05, 3.63) is 94.0 Å². The highest BCUT2D eigenvalue weighted by Gasteiger charge is 2.07. The smallest absolute Gasteiger partial charge is 0.269 e. The number of nitrogens with zero attached hydrogens (tertiary/aromatic N) is 4. The number of benzene rings is 3. The van der Waals surface area contributed by atoms with Gasteiger partial charge >= 0.3 is 0 Å². The topological polar surface area (TPSA) is 94.6 Å². The van der Waals surface area contributed by atoms with Gasteiger partial charge in [-0.1, -0.05) is 12.1 Å². The molecule has 0 saturated heterocycles. The number of aryl methyl sites for hydroxylation is 1. The predicted octanol–water partition coefficient (Wildman–Crippen LogP) is 4.99. The van der Waals surface area contributed by atoms with Crippen molar-refractivity contribution in [2.45, 2.75) is 20.1 Å². The molecule has 1 aromatic heterocycles. The van der Waals surface area contributed by atoms with E-state index in [-0.39, 0.29) is 5.69 Å². The number of fused-ring (bicyclic) bond motifs is 1. The lowest BCUT2D eigenvalue weighted by atomic mass is 10.2. The lowest BCUT2D eigenvalue weighted by Gasteiger charge is -2.06. The quantitative estimate of drug-likeness (QED) is 0.249. The average molecular weight is 415 g/mol. The molecule has 1 N–H and O–H groups in total. The van der Waals surface area contributed by atoms with E-state index >= 15 is 0 Å². The number of ether oxygens (including phenoxy) is 1. The molecular formula is C23H21N5O3. The van der Waals surface area contributed by atoms with Crippen LogP contribution in [-0.2, 0) is 13.2 Å². The molecule has 156 valence electrons. The maximum atomic E-state index is 10.7. The zero-order valence-corrected chi connectivity index (χ0v) is 16.9. The summed E-state index contributed by atoms with van der Waals surface area (Å²) in [6.45, 7) is 3.19. The number of anilines is 1. The minimum atomic E-state index is -0.419. The first-order chi connectivity index (χ1) is 15.1. The van der Waals surface area contributed by atoms with Crippen LogP contribution in [0.4, 0.5) is 11.6 Å². The number of para-hydroxylation sites is 2. The van der Waals surface area contributed by atoms with Crippen LogP contribution in [0.1, 0.15) is 18.1 Å². The first-order valence-electron chi connectivity index (χ1n) is 9.84. The molecule has 0 amide bonds. The standard InChI is InChI=1S/C23H21N5O3/c1-2-27-22-6-4-3-5-21(22)25-23(27)26-24-15-17-9-13-20(14-10-17)31-16-18-7-11-19(12-8-18)28(29)30/h3-15H,2,16H2,1H3,(H,25,26)/b24-15-. The molecule has 3 aromatic carbocycles. The molecule has 0 aliphatic heterocycles. The summed E-state index contributed by atoms with van der Waals surface area (Å²) >= 11 is 0. The molecule has 0 aliphatic carbocycles. The van der Waals surface area contributed by atoms with Crippen LogP contribution < -0.4 is 10.2 Å². The molecule has 0 saturated carbocycles. The highest BCUT2D eigenvalue weighted by molar-refractivity contribution is 5.81. The summed E-state index contributed by atoms with van der Waals surface area (Å²) < 4.78 is 7.81. The van der Waals surface area contributed by atoms with Crippen molar-refractivity contribution in [3.63, 3.8) is 0 Å². The minimum absolute atomic E-state index is 0.0653. The number of nitrogens with one attached hydrogen (secondary N) is 1. The monoisotopic (exact) mass is 415 g/mol. The predicted molar refractivity (Wildman–Crippen MR) is 120 cm³/mol. The molecule has 1 heterocycles. The fourth-order valence-corrected chi connectivity index (χ4v) is 3.18. The highest BCUT2D eigenvalue weighted by atomic mass is 16.6. The summed E-state index contributed by atoms with van der Waals surface area (Å²) in [4.78, 5) is 14.9. The van der Waals surface area contributed by atoms with Gasteiger partial charge in [-0.25, -0.2) is 10.4 Å². The van der Waals surface area contributed by atoms with Crippen molar-refractivity contribution in [2.75, 3.05) is 5.43 Å². The van der Waals surface area contributed by atoms with Crippen molar-refractivity contribution in [2.24, 2.45) is 5.10 Å². The van der Waals surface area contributed by atoms with E-state index in [2.05, 4.69) is 27.0 Å². The Kier molecular flexibility index (Phi) is 5.89. The largest absolute Gasteiger partial charge is 0.489 e. The highest BCUT2D eigenvalue weighted by Crippen LogP contribution is 2.19. The molecule has 0 spiro atoms. The van der Waals surface area contributed by atoms with Crippen LogP contribution in [-0.4, -0.2) is 20.7 Å². The summed E-state index contributed by atoms with van der Waals surface area (Å²) in [5.74, 6) is 1.40. The number of nitro groups is 1. The number of aromatic nitrogens is 2. The van der Waals surface area contributed by atoms with E-state index in [0.717, 1.165) is 28.7 Å². The van der Waals surface area contributed by atoms with E-state index in [1.165, 1.54) is 12.1 Å². The fourth-order valence-electron chi connectivity index (χ4n) is 3.18. The molecule has 8 nitrogen and oxygen atoms in total. The second kappa shape index (κ2) is 9.08. The minimum Gasteiger partial charge on any atom is -0.489 e. The summed E-state index contributed by atoms with van der Waals surface area (Å²) in [6.07, 6.45) is 1.72. The van der Waals surface area contributed by atoms with Crippen LogP contribution in [0.15, 0.2) is 77.9 Å². The van der Waals surface area contributed by atoms with Crippen molar-refractivity contribution in [1.82, 2.24) is 9.55 Å².